The van der Waals surface area contributed by atoms with Crippen LogP contribution in [0.4, 0.5) is 4.39 Å². The van der Waals surface area contributed by atoms with Crippen molar-refractivity contribution in [3.63, 3.8) is 0 Å². The zero-order chi connectivity index (χ0) is 15.0. The Morgan fingerprint density at radius 1 is 1.43 bits per heavy atom. The minimum atomic E-state index is -0.478. The summed E-state index contributed by atoms with van der Waals surface area (Å²) in [5.74, 6) is 1.09. The molecule has 1 aromatic carbocycles. The number of hydrogen-bond donors (Lipinski definition) is 0. The van der Waals surface area contributed by atoms with Crippen molar-refractivity contribution in [2.24, 2.45) is 0 Å². The van der Waals surface area contributed by atoms with E-state index in [1.165, 1.54) is 6.07 Å². The van der Waals surface area contributed by atoms with E-state index in [0.29, 0.717) is 24.3 Å². The van der Waals surface area contributed by atoms with Gasteiger partial charge in [-0.25, -0.2) is 9.37 Å². The van der Waals surface area contributed by atoms with Gasteiger partial charge in [0.15, 0.2) is 0 Å². The van der Waals surface area contributed by atoms with E-state index >= 15 is 0 Å². The molecule has 3 rings (SSSR count). The Morgan fingerprint density at radius 2 is 2.24 bits per heavy atom. The third-order valence-corrected chi connectivity index (χ3v) is 3.82. The van der Waals surface area contributed by atoms with Gasteiger partial charge >= 0.3 is 0 Å². The molecule has 21 heavy (non-hydrogen) atoms. The van der Waals surface area contributed by atoms with E-state index in [0.717, 1.165) is 11.3 Å². The summed E-state index contributed by atoms with van der Waals surface area (Å²) in [6, 6.07) is 6.68. The van der Waals surface area contributed by atoms with Crippen LogP contribution in [0.3, 0.4) is 0 Å². The van der Waals surface area contributed by atoms with Gasteiger partial charge in [-0.15, -0.1) is 11.6 Å². The molecule has 0 radical (unpaired) electrons. The average Bonchev–Trinajstić information content (AvgIpc) is 3.05. The van der Waals surface area contributed by atoms with E-state index in [9.17, 15) is 4.39 Å². The van der Waals surface area contributed by atoms with E-state index in [1.807, 2.05) is 23.6 Å². The molecule has 0 N–H and O–H groups in total. The monoisotopic (exact) mass is 326 g/mol. The molecule has 0 bridgehead atoms. The molecule has 0 fully saturated rings. The molecular formula is C15H13Cl2FN2O. The van der Waals surface area contributed by atoms with Gasteiger partial charge in [-0.3, -0.25) is 0 Å². The molecule has 6 heteroatoms. The lowest BCUT2D eigenvalue weighted by molar-refractivity contribution is 0.490. The molecule has 0 aliphatic heterocycles. The van der Waals surface area contributed by atoms with Crippen molar-refractivity contribution in [3.8, 4) is 0 Å². The Labute approximate surface area is 131 Å². The Hall–Kier alpha value is -1.52. The summed E-state index contributed by atoms with van der Waals surface area (Å²) in [6.45, 7) is 2.47. The highest BCUT2D eigenvalue weighted by Crippen LogP contribution is 2.28. The first kappa shape index (κ1) is 14.4. The van der Waals surface area contributed by atoms with Crippen LogP contribution >= 0.6 is 23.2 Å². The minimum Gasteiger partial charge on any atom is -0.469 e. The molecule has 2 heterocycles. The molecule has 0 saturated carbocycles. The number of halogens is 3. The number of aromatic nitrogens is 2. The molecular weight excluding hydrogens is 314 g/mol. The quantitative estimate of drug-likeness (QED) is 0.634. The van der Waals surface area contributed by atoms with Crippen molar-refractivity contribution in [1.29, 1.82) is 0 Å². The lowest BCUT2D eigenvalue weighted by Crippen LogP contribution is -2.06. The van der Waals surface area contributed by atoms with E-state index in [1.54, 1.807) is 12.3 Å². The SMILES string of the molecule is CC(Cl)c1nc2cc(F)c(Cl)cc2n1CCc1ccco1. The van der Waals surface area contributed by atoms with Gasteiger partial charge in [-0.2, -0.15) is 0 Å². The third kappa shape index (κ3) is 2.78. The summed E-state index contributed by atoms with van der Waals surface area (Å²) >= 11 is 12.1. The molecule has 0 aliphatic carbocycles. The van der Waals surface area contributed by atoms with E-state index in [-0.39, 0.29) is 10.4 Å². The Kier molecular flexibility index (Phi) is 3.91. The van der Waals surface area contributed by atoms with Crippen LogP contribution in [-0.4, -0.2) is 9.55 Å². The van der Waals surface area contributed by atoms with Crippen molar-refractivity contribution in [1.82, 2.24) is 9.55 Å². The van der Waals surface area contributed by atoms with Crippen molar-refractivity contribution in [2.45, 2.75) is 25.3 Å². The van der Waals surface area contributed by atoms with Crippen LogP contribution in [0.5, 0.6) is 0 Å². The topological polar surface area (TPSA) is 31.0 Å². The predicted octanol–water partition coefficient (Wildman–Crippen LogP) is 4.96. The van der Waals surface area contributed by atoms with E-state index in [4.69, 9.17) is 27.6 Å². The lowest BCUT2D eigenvalue weighted by atomic mass is 10.3. The maximum atomic E-state index is 13.6. The molecule has 1 unspecified atom stereocenters. The Morgan fingerprint density at radius 3 is 2.90 bits per heavy atom. The fourth-order valence-corrected chi connectivity index (χ4v) is 2.68. The summed E-state index contributed by atoms with van der Waals surface area (Å²) in [5, 5.41) is -0.203. The maximum Gasteiger partial charge on any atom is 0.144 e. The summed E-state index contributed by atoms with van der Waals surface area (Å²) in [6.07, 6.45) is 2.34. The van der Waals surface area contributed by atoms with Crippen LogP contribution < -0.4 is 0 Å². The highest BCUT2D eigenvalue weighted by molar-refractivity contribution is 6.31. The fourth-order valence-electron chi connectivity index (χ4n) is 2.35. The maximum absolute atomic E-state index is 13.6. The van der Waals surface area contributed by atoms with Gasteiger partial charge in [0.2, 0.25) is 0 Å². The summed E-state index contributed by atoms with van der Waals surface area (Å²) < 4.78 is 20.9. The smallest absolute Gasteiger partial charge is 0.144 e. The number of rotatable bonds is 4. The molecule has 0 aliphatic rings. The van der Waals surface area contributed by atoms with Gasteiger partial charge in [0, 0.05) is 19.0 Å². The molecule has 3 aromatic rings. The van der Waals surface area contributed by atoms with Crippen LogP contribution in [0, 0.1) is 5.82 Å². The molecule has 0 spiro atoms. The molecule has 1 atom stereocenters. The average molecular weight is 327 g/mol. The fraction of sp³-hybridized carbons (Fsp3) is 0.267. The molecule has 2 aromatic heterocycles. The number of alkyl halides is 1. The molecule has 110 valence electrons. The van der Waals surface area contributed by atoms with Crippen LogP contribution in [0.25, 0.3) is 11.0 Å². The summed E-state index contributed by atoms with van der Waals surface area (Å²) in [5.41, 5.74) is 1.33. The number of fused-ring (bicyclic) bond motifs is 1. The normalized spacial score (nSPS) is 13.0. The number of furan rings is 1. The first-order chi connectivity index (χ1) is 10.1. The molecule has 3 nitrogen and oxygen atoms in total. The van der Waals surface area contributed by atoms with Gasteiger partial charge in [0.05, 0.1) is 27.7 Å². The van der Waals surface area contributed by atoms with Gasteiger partial charge < -0.3 is 8.98 Å². The van der Waals surface area contributed by atoms with Crippen molar-refractivity contribution in [2.75, 3.05) is 0 Å². The summed E-state index contributed by atoms with van der Waals surface area (Å²) in [7, 11) is 0. The Balaban J connectivity index is 2.04. The van der Waals surface area contributed by atoms with Gasteiger partial charge in [0.25, 0.3) is 0 Å². The van der Waals surface area contributed by atoms with Crippen molar-refractivity contribution in [3.05, 3.63) is 53.0 Å². The lowest BCUT2D eigenvalue weighted by Gasteiger charge is -2.09. The predicted molar refractivity (Wildman–Crippen MR) is 81.4 cm³/mol. The number of nitrogens with zero attached hydrogens (tertiary/aromatic N) is 2. The van der Waals surface area contributed by atoms with E-state index in [2.05, 4.69) is 4.98 Å². The van der Waals surface area contributed by atoms with Crippen LogP contribution in [0.2, 0.25) is 5.02 Å². The number of benzene rings is 1. The van der Waals surface area contributed by atoms with E-state index < -0.39 is 5.82 Å². The van der Waals surface area contributed by atoms with Gasteiger partial charge in [0.1, 0.15) is 17.4 Å². The zero-order valence-corrected chi connectivity index (χ0v) is 12.8. The van der Waals surface area contributed by atoms with Crippen LogP contribution in [0.1, 0.15) is 23.9 Å². The number of imidazole rings is 1. The number of hydrogen-bond acceptors (Lipinski definition) is 2. The molecule has 0 amide bonds. The van der Waals surface area contributed by atoms with Crippen molar-refractivity contribution < 1.29 is 8.81 Å². The largest absolute Gasteiger partial charge is 0.469 e. The number of aryl methyl sites for hydroxylation is 2. The minimum absolute atomic E-state index is 0.0791. The molecule has 0 saturated heterocycles. The second-order valence-corrected chi connectivity index (χ2v) is 5.88. The van der Waals surface area contributed by atoms with Gasteiger partial charge in [-0.05, 0) is 25.1 Å². The zero-order valence-electron chi connectivity index (χ0n) is 11.3. The second kappa shape index (κ2) is 5.70. The first-order valence-electron chi connectivity index (χ1n) is 6.58. The van der Waals surface area contributed by atoms with Crippen LogP contribution in [0.15, 0.2) is 34.9 Å². The van der Waals surface area contributed by atoms with Crippen molar-refractivity contribution >= 4 is 34.2 Å². The van der Waals surface area contributed by atoms with Gasteiger partial charge in [-0.1, -0.05) is 11.6 Å². The standard InChI is InChI=1S/C15H13Cl2FN2O/c1-9(16)15-19-13-8-12(18)11(17)7-14(13)20(15)5-4-10-3-2-6-21-10/h2-3,6-9H,4-5H2,1H3. The summed E-state index contributed by atoms with van der Waals surface area (Å²) in [4.78, 5) is 4.42. The Bertz CT molecular complexity index is 766. The first-order valence-corrected chi connectivity index (χ1v) is 7.39. The van der Waals surface area contributed by atoms with Crippen LogP contribution in [-0.2, 0) is 13.0 Å². The third-order valence-electron chi connectivity index (χ3n) is 3.34. The highest BCUT2D eigenvalue weighted by Gasteiger charge is 2.17. The second-order valence-electron chi connectivity index (χ2n) is 4.82. The highest BCUT2D eigenvalue weighted by atomic mass is 35.5.